The lowest BCUT2D eigenvalue weighted by Crippen LogP contribution is -2.48. The first kappa shape index (κ1) is 21.4. The zero-order valence-corrected chi connectivity index (χ0v) is 18.1. The van der Waals surface area contributed by atoms with E-state index in [0.29, 0.717) is 12.6 Å². The molecule has 27 heavy (non-hydrogen) atoms. The Balaban J connectivity index is 0.00000261. The predicted molar refractivity (Wildman–Crippen MR) is 116 cm³/mol. The summed E-state index contributed by atoms with van der Waals surface area (Å²) in [5.41, 5.74) is 0.950. The first-order valence-corrected chi connectivity index (χ1v) is 9.04. The average molecular weight is 487 g/mol. The molecule has 0 atom stereocenters. The van der Waals surface area contributed by atoms with Crippen molar-refractivity contribution < 1.29 is 4.39 Å². The zero-order valence-electron chi connectivity index (χ0n) is 15.7. The fourth-order valence-corrected chi connectivity index (χ4v) is 3.08. The van der Waals surface area contributed by atoms with Crippen molar-refractivity contribution in [3.8, 4) is 0 Å². The summed E-state index contributed by atoms with van der Waals surface area (Å²) in [4.78, 5) is 11.0. The molecular weight excluding hydrogens is 460 g/mol. The lowest BCUT2D eigenvalue weighted by molar-refractivity contribution is 0.461. The summed E-state index contributed by atoms with van der Waals surface area (Å²) in [7, 11) is 1.86. The number of piperidine rings is 1. The molecule has 2 N–H and O–H groups in total. The maximum absolute atomic E-state index is 13.4. The second kappa shape index (κ2) is 10.4. The van der Waals surface area contributed by atoms with Gasteiger partial charge in [-0.15, -0.1) is 24.0 Å². The van der Waals surface area contributed by atoms with Crippen LogP contribution in [-0.2, 0) is 13.6 Å². The molecule has 0 radical (unpaired) electrons. The monoisotopic (exact) mass is 487 g/mol. The van der Waals surface area contributed by atoms with Gasteiger partial charge in [0.05, 0.1) is 0 Å². The molecule has 3 rings (SSSR count). The molecule has 2 heterocycles. The maximum atomic E-state index is 13.4. The molecule has 0 saturated carbocycles. The number of hydrogen-bond donors (Lipinski definition) is 2. The van der Waals surface area contributed by atoms with Gasteiger partial charge >= 0.3 is 0 Å². The van der Waals surface area contributed by atoms with E-state index >= 15 is 0 Å². The Labute approximate surface area is 176 Å². The smallest absolute Gasteiger partial charge is 0.191 e. The summed E-state index contributed by atoms with van der Waals surface area (Å²) < 4.78 is 15.1. The molecule has 2 aromatic rings. The van der Waals surface area contributed by atoms with E-state index in [9.17, 15) is 4.39 Å². The van der Waals surface area contributed by atoms with Gasteiger partial charge in [-0.25, -0.2) is 14.4 Å². The highest BCUT2D eigenvalue weighted by Gasteiger charge is 2.20. The minimum absolute atomic E-state index is 0. The molecule has 0 amide bonds. The maximum Gasteiger partial charge on any atom is 0.191 e. The molecule has 148 valence electrons. The third-order valence-corrected chi connectivity index (χ3v) is 4.54. The number of guanidine groups is 1. The number of nitrogens with one attached hydrogen (secondary N) is 2. The van der Waals surface area contributed by atoms with Crippen molar-refractivity contribution in [2.45, 2.75) is 32.4 Å². The third-order valence-electron chi connectivity index (χ3n) is 4.54. The largest absolute Gasteiger partial charge is 0.371 e. The second-order valence-electron chi connectivity index (χ2n) is 6.38. The van der Waals surface area contributed by atoms with Crippen LogP contribution in [0.5, 0.6) is 0 Å². The van der Waals surface area contributed by atoms with Crippen molar-refractivity contribution in [1.82, 2.24) is 25.4 Å². The first-order chi connectivity index (χ1) is 12.7. The van der Waals surface area contributed by atoms with Gasteiger partial charge in [0.25, 0.3) is 0 Å². The standard InChI is InChI=1S/C18H26FN7.HI/c1-3-20-18(21-12-17-22-13-23-25(17)2)24-15-7-9-26(10-8-15)16-6-4-5-14(19)11-16;/h4-6,11,13,15H,3,7-10,12H2,1-2H3,(H2,20,21,24);1H. The number of anilines is 1. The molecule has 1 aliphatic heterocycles. The summed E-state index contributed by atoms with van der Waals surface area (Å²) in [6, 6.07) is 7.15. The van der Waals surface area contributed by atoms with E-state index in [4.69, 9.17) is 0 Å². The molecule has 9 heteroatoms. The summed E-state index contributed by atoms with van der Waals surface area (Å²) in [5.74, 6) is 1.43. The molecule has 1 aliphatic rings. The molecular formula is C18H27FIN7. The van der Waals surface area contributed by atoms with Gasteiger partial charge in [0.2, 0.25) is 0 Å². The molecule has 1 saturated heterocycles. The third kappa shape index (κ3) is 6.05. The highest BCUT2D eigenvalue weighted by Crippen LogP contribution is 2.20. The minimum atomic E-state index is -0.187. The van der Waals surface area contributed by atoms with Crippen molar-refractivity contribution in [2.75, 3.05) is 24.5 Å². The van der Waals surface area contributed by atoms with Crippen LogP contribution in [0.15, 0.2) is 35.6 Å². The molecule has 0 unspecified atom stereocenters. The number of rotatable bonds is 5. The van der Waals surface area contributed by atoms with E-state index in [2.05, 4.69) is 30.6 Å². The SMILES string of the molecule is CCNC(=NCc1ncnn1C)NC1CCN(c2cccc(F)c2)CC1.I. The van der Waals surface area contributed by atoms with Crippen molar-refractivity contribution in [3.05, 3.63) is 42.2 Å². The Kier molecular flexibility index (Phi) is 8.26. The van der Waals surface area contributed by atoms with Crippen LogP contribution in [0.4, 0.5) is 10.1 Å². The second-order valence-corrected chi connectivity index (χ2v) is 6.38. The summed E-state index contributed by atoms with van der Waals surface area (Å²) in [6.45, 7) is 5.11. The first-order valence-electron chi connectivity index (χ1n) is 9.04. The van der Waals surface area contributed by atoms with Crippen LogP contribution in [-0.4, -0.2) is 46.4 Å². The van der Waals surface area contributed by atoms with Gasteiger partial charge in [0.15, 0.2) is 5.96 Å². The number of hydrogen-bond acceptors (Lipinski definition) is 4. The zero-order chi connectivity index (χ0) is 18.4. The van der Waals surface area contributed by atoms with Crippen molar-refractivity contribution in [2.24, 2.45) is 12.0 Å². The molecule has 0 spiro atoms. The Morgan fingerprint density at radius 3 is 2.74 bits per heavy atom. The van der Waals surface area contributed by atoms with Gasteiger partial charge in [0.1, 0.15) is 24.5 Å². The van der Waals surface area contributed by atoms with E-state index in [1.165, 1.54) is 12.4 Å². The van der Waals surface area contributed by atoms with Gasteiger partial charge in [0, 0.05) is 38.4 Å². The fraction of sp³-hybridized carbons (Fsp3) is 0.500. The Morgan fingerprint density at radius 1 is 1.33 bits per heavy atom. The summed E-state index contributed by atoms with van der Waals surface area (Å²) in [5, 5.41) is 10.8. The van der Waals surface area contributed by atoms with E-state index < -0.39 is 0 Å². The van der Waals surface area contributed by atoms with Crippen LogP contribution in [0, 0.1) is 5.82 Å². The van der Waals surface area contributed by atoms with Crippen LogP contribution in [0.25, 0.3) is 0 Å². The summed E-state index contributed by atoms with van der Waals surface area (Å²) >= 11 is 0. The van der Waals surface area contributed by atoms with Gasteiger partial charge in [-0.1, -0.05) is 6.07 Å². The molecule has 0 bridgehead atoms. The molecule has 1 aromatic heterocycles. The normalized spacial score (nSPS) is 15.4. The number of aryl methyl sites for hydroxylation is 1. The number of aliphatic imine (C=N–C) groups is 1. The molecule has 1 fully saturated rings. The lowest BCUT2D eigenvalue weighted by Gasteiger charge is -2.34. The fourth-order valence-electron chi connectivity index (χ4n) is 3.08. The van der Waals surface area contributed by atoms with Gasteiger partial charge in [-0.05, 0) is 38.0 Å². The number of nitrogens with zero attached hydrogens (tertiary/aromatic N) is 5. The number of benzene rings is 1. The van der Waals surface area contributed by atoms with Gasteiger partial charge in [-0.3, -0.25) is 4.68 Å². The molecule has 7 nitrogen and oxygen atoms in total. The van der Waals surface area contributed by atoms with Crippen LogP contribution >= 0.6 is 24.0 Å². The van der Waals surface area contributed by atoms with Crippen LogP contribution in [0.1, 0.15) is 25.6 Å². The van der Waals surface area contributed by atoms with E-state index in [0.717, 1.165) is 49.9 Å². The Bertz CT molecular complexity index is 741. The minimum Gasteiger partial charge on any atom is -0.371 e. The molecule has 1 aromatic carbocycles. The van der Waals surface area contributed by atoms with Crippen LogP contribution in [0.2, 0.25) is 0 Å². The van der Waals surface area contributed by atoms with Crippen LogP contribution in [0.3, 0.4) is 0 Å². The average Bonchev–Trinajstić information content (AvgIpc) is 3.05. The number of aromatic nitrogens is 3. The Hall–Kier alpha value is -1.91. The van der Waals surface area contributed by atoms with Crippen LogP contribution < -0.4 is 15.5 Å². The highest BCUT2D eigenvalue weighted by molar-refractivity contribution is 14.0. The molecule has 0 aliphatic carbocycles. The van der Waals surface area contributed by atoms with E-state index in [1.807, 2.05) is 20.0 Å². The quantitative estimate of drug-likeness (QED) is 0.385. The van der Waals surface area contributed by atoms with E-state index in [-0.39, 0.29) is 29.8 Å². The predicted octanol–water partition coefficient (Wildman–Crippen LogP) is 2.30. The van der Waals surface area contributed by atoms with Gasteiger partial charge < -0.3 is 15.5 Å². The van der Waals surface area contributed by atoms with E-state index in [1.54, 1.807) is 16.8 Å². The lowest BCUT2D eigenvalue weighted by atomic mass is 10.0. The van der Waals surface area contributed by atoms with Crippen molar-refractivity contribution in [1.29, 1.82) is 0 Å². The Morgan fingerprint density at radius 2 is 2.11 bits per heavy atom. The topological polar surface area (TPSA) is 70.4 Å². The summed E-state index contributed by atoms with van der Waals surface area (Å²) in [6.07, 6.45) is 3.49. The highest BCUT2D eigenvalue weighted by atomic mass is 127. The van der Waals surface area contributed by atoms with Crippen molar-refractivity contribution in [3.63, 3.8) is 0 Å². The van der Waals surface area contributed by atoms with Crippen molar-refractivity contribution >= 4 is 35.6 Å². The number of halogens is 2. The van der Waals surface area contributed by atoms with Gasteiger partial charge in [-0.2, -0.15) is 5.10 Å².